The lowest BCUT2D eigenvalue weighted by molar-refractivity contribution is 0.393. The summed E-state index contributed by atoms with van der Waals surface area (Å²) in [7, 11) is 0. The number of hydrogen-bond donors (Lipinski definition) is 0. The third-order valence-electron chi connectivity index (χ3n) is 0.333. The van der Waals surface area contributed by atoms with E-state index < -0.39 is 0 Å². The maximum absolute atomic E-state index is 4.35. The highest BCUT2D eigenvalue weighted by Gasteiger charge is 1.82. The van der Waals surface area contributed by atoms with Crippen molar-refractivity contribution in [3.63, 3.8) is 0 Å². The van der Waals surface area contributed by atoms with Crippen molar-refractivity contribution in [2.24, 2.45) is 0 Å². The molecule has 0 aliphatic heterocycles. The second kappa shape index (κ2) is 1.55. The lowest BCUT2D eigenvalue weighted by Crippen LogP contribution is -1.63. The first-order valence-electron chi connectivity index (χ1n) is 1.32. The van der Waals surface area contributed by atoms with Crippen molar-refractivity contribution in [2.45, 2.75) is 0 Å². The fourth-order valence-corrected chi connectivity index (χ4v) is 0.355. The van der Waals surface area contributed by atoms with Crippen molar-refractivity contribution in [3.05, 3.63) is 9.96 Å². The fraction of sp³-hybridized carbons (Fsp3) is 0. The molecular weight excluding hydrogens is 195 g/mol. The monoisotopic (exact) mass is 196 g/mol. The standard InChI is InChI=1S/C2HIN2O/c3-2-1-6-5-4-2/h1H. The van der Waals surface area contributed by atoms with Gasteiger partial charge in [0.1, 0.15) is 0 Å². The van der Waals surface area contributed by atoms with Crippen molar-refractivity contribution in [1.82, 2.24) is 10.4 Å². The first-order valence-corrected chi connectivity index (χ1v) is 2.40. The quantitative estimate of drug-likeness (QED) is 0.572. The van der Waals surface area contributed by atoms with Crippen molar-refractivity contribution < 1.29 is 4.52 Å². The summed E-state index contributed by atoms with van der Waals surface area (Å²) < 4.78 is 5.13. The molecule has 0 aromatic carbocycles. The number of rotatable bonds is 0. The minimum Gasteiger partial charge on any atom is -0.344 e. The van der Waals surface area contributed by atoms with E-state index in [1.807, 2.05) is 22.6 Å². The molecule has 0 spiro atoms. The molecule has 0 saturated heterocycles. The Kier molecular flexibility index (Phi) is 1.04. The maximum Gasteiger partial charge on any atom is 0.164 e. The third kappa shape index (κ3) is 0.675. The summed E-state index contributed by atoms with van der Waals surface area (Å²) in [6.45, 7) is 0. The molecule has 1 heterocycles. The van der Waals surface area contributed by atoms with Gasteiger partial charge in [0, 0.05) is 5.27 Å². The Hall–Kier alpha value is -0.130. The van der Waals surface area contributed by atoms with Crippen molar-refractivity contribution in [1.29, 1.82) is 0 Å². The first-order chi connectivity index (χ1) is 2.89. The Labute approximate surface area is 47.8 Å². The van der Waals surface area contributed by atoms with E-state index in [-0.39, 0.29) is 0 Å². The Morgan fingerprint density at radius 1 is 1.83 bits per heavy atom. The highest BCUT2D eigenvalue weighted by atomic mass is 127. The summed E-state index contributed by atoms with van der Waals surface area (Å²) >= 11 is 2.01. The van der Waals surface area contributed by atoms with Crippen LogP contribution in [0.1, 0.15) is 0 Å². The maximum atomic E-state index is 4.35. The SMILES string of the molecule is Ic1conn1. The molecule has 0 aliphatic rings. The van der Waals surface area contributed by atoms with Crippen LogP contribution in [0.25, 0.3) is 0 Å². The van der Waals surface area contributed by atoms with Gasteiger partial charge >= 0.3 is 0 Å². The predicted molar refractivity (Wildman–Crippen MR) is 27.0 cm³/mol. The molecular formula is C2HIN2O. The number of halogens is 1. The van der Waals surface area contributed by atoms with E-state index in [0.29, 0.717) is 0 Å². The van der Waals surface area contributed by atoms with Gasteiger partial charge in [0.05, 0.1) is 0 Å². The Morgan fingerprint density at radius 2 is 2.67 bits per heavy atom. The van der Waals surface area contributed by atoms with Gasteiger partial charge < -0.3 is 4.52 Å². The molecule has 0 fully saturated rings. The van der Waals surface area contributed by atoms with Gasteiger partial charge in [-0.2, -0.15) is 0 Å². The summed E-state index contributed by atoms with van der Waals surface area (Å²) in [5, 5.41) is 6.68. The lowest BCUT2D eigenvalue weighted by atomic mass is 11.0. The molecule has 0 radical (unpaired) electrons. The number of nitrogens with zero attached hydrogens (tertiary/aromatic N) is 2. The van der Waals surface area contributed by atoms with E-state index in [0.717, 1.165) is 3.70 Å². The zero-order valence-corrected chi connectivity index (χ0v) is 4.92. The number of aromatic nitrogens is 2. The highest BCUT2D eigenvalue weighted by Crippen LogP contribution is 1.93. The molecule has 3 nitrogen and oxygen atoms in total. The summed E-state index contributed by atoms with van der Waals surface area (Å²) in [6.07, 6.45) is 1.47. The first kappa shape index (κ1) is 4.04. The predicted octanol–water partition coefficient (Wildman–Crippen LogP) is 0.674. The molecule has 4 heteroatoms. The molecule has 1 aromatic rings. The van der Waals surface area contributed by atoms with Crippen LogP contribution >= 0.6 is 22.6 Å². The van der Waals surface area contributed by atoms with E-state index in [9.17, 15) is 0 Å². The largest absolute Gasteiger partial charge is 0.344 e. The summed E-state index contributed by atoms with van der Waals surface area (Å²) in [5.74, 6) is 0. The van der Waals surface area contributed by atoms with E-state index in [2.05, 4.69) is 14.9 Å². The van der Waals surface area contributed by atoms with Gasteiger partial charge in [0.25, 0.3) is 0 Å². The summed E-state index contributed by atoms with van der Waals surface area (Å²) in [6, 6.07) is 0. The summed E-state index contributed by atoms with van der Waals surface area (Å²) in [4.78, 5) is 0. The van der Waals surface area contributed by atoms with E-state index in [4.69, 9.17) is 0 Å². The van der Waals surface area contributed by atoms with Gasteiger partial charge in [-0.05, 0) is 22.6 Å². The van der Waals surface area contributed by atoms with Gasteiger partial charge in [-0.1, -0.05) is 0 Å². The minimum absolute atomic E-state index is 0.785. The Balaban J connectivity index is 3.05. The average Bonchev–Trinajstić information content (AvgIpc) is 1.86. The normalized spacial score (nSPS) is 8.83. The van der Waals surface area contributed by atoms with Crippen LogP contribution in [0.2, 0.25) is 0 Å². The average molecular weight is 196 g/mol. The third-order valence-corrected chi connectivity index (χ3v) is 0.803. The highest BCUT2D eigenvalue weighted by molar-refractivity contribution is 14.1. The molecule has 6 heavy (non-hydrogen) atoms. The molecule has 0 aliphatic carbocycles. The molecule has 32 valence electrons. The molecule has 1 aromatic heterocycles. The fourth-order valence-electron chi connectivity index (χ4n) is 0.153. The topological polar surface area (TPSA) is 38.9 Å². The molecule has 0 amide bonds. The van der Waals surface area contributed by atoms with Crippen LogP contribution in [0, 0.1) is 3.70 Å². The number of hydrogen-bond acceptors (Lipinski definition) is 3. The second-order valence-corrected chi connectivity index (χ2v) is 1.83. The van der Waals surface area contributed by atoms with Crippen molar-refractivity contribution in [2.75, 3.05) is 0 Å². The van der Waals surface area contributed by atoms with Gasteiger partial charge in [-0.25, -0.2) is 0 Å². The molecule has 0 N–H and O–H groups in total. The van der Waals surface area contributed by atoms with Crippen molar-refractivity contribution >= 4 is 22.6 Å². The van der Waals surface area contributed by atoms with Crippen LogP contribution in [0.5, 0.6) is 0 Å². The van der Waals surface area contributed by atoms with Crippen LogP contribution in [0.3, 0.4) is 0 Å². The van der Waals surface area contributed by atoms with E-state index in [1.165, 1.54) is 6.26 Å². The van der Waals surface area contributed by atoms with Gasteiger partial charge in [-0.3, -0.25) is 0 Å². The zero-order valence-electron chi connectivity index (χ0n) is 2.76. The lowest BCUT2D eigenvalue weighted by Gasteiger charge is -1.55. The minimum atomic E-state index is 0.785. The molecule has 0 atom stereocenters. The van der Waals surface area contributed by atoms with Crippen LogP contribution in [0.4, 0.5) is 0 Å². The smallest absolute Gasteiger partial charge is 0.164 e. The van der Waals surface area contributed by atoms with Gasteiger partial charge in [0.15, 0.2) is 9.96 Å². The van der Waals surface area contributed by atoms with Crippen LogP contribution in [0.15, 0.2) is 10.8 Å². The van der Waals surface area contributed by atoms with E-state index in [1.54, 1.807) is 0 Å². The van der Waals surface area contributed by atoms with Crippen LogP contribution < -0.4 is 0 Å². The van der Waals surface area contributed by atoms with Crippen LogP contribution in [-0.2, 0) is 0 Å². The van der Waals surface area contributed by atoms with Gasteiger partial charge in [-0.15, -0.1) is 5.10 Å². The summed E-state index contributed by atoms with van der Waals surface area (Å²) in [5.41, 5.74) is 0. The molecule has 0 bridgehead atoms. The Bertz CT molecular complexity index is 115. The molecule has 0 unspecified atom stereocenters. The Morgan fingerprint density at radius 3 is 2.83 bits per heavy atom. The molecule has 0 saturated carbocycles. The molecule has 1 rings (SSSR count). The zero-order chi connectivity index (χ0) is 4.41. The van der Waals surface area contributed by atoms with E-state index >= 15 is 0 Å². The second-order valence-electron chi connectivity index (χ2n) is 0.728. The van der Waals surface area contributed by atoms with Crippen molar-refractivity contribution in [3.8, 4) is 0 Å². The van der Waals surface area contributed by atoms with Crippen LogP contribution in [-0.4, -0.2) is 10.4 Å². The van der Waals surface area contributed by atoms with Gasteiger partial charge in [0.2, 0.25) is 0 Å².